The van der Waals surface area contributed by atoms with E-state index in [0.29, 0.717) is 5.92 Å². The Kier molecular flexibility index (Phi) is 5.06. The van der Waals surface area contributed by atoms with Gasteiger partial charge < -0.3 is 5.11 Å². The second kappa shape index (κ2) is 5.32. The van der Waals surface area contributed by atoms with Gasteiger partial charge in [0.2, 0.25) is 0 Å². The van der Waals surface area contributed by atoms with E-state index in [1.165, 1.54) is 0 Å². The third-order valence-corrected chi connectivity index (χ3v) is 1.72. The van der Waals surface area contributed by atoms with Crippen molar-refractivity contribution in [1.29, 1.82) is 0 Å². The zero-order chi connectivity index (χ0) is 7.98. The van der Waals surface area contributed by atoms with Gasteiger partial charge in [0.05, 0.1) is 6.10 Å². The summed E-state index contributed by atoms with van der Waals surface area (Å²) >= 11 is 0. The minimum Gasteiger partial charge on any atom is -0.393 e. The van der Waals surface area contributed by atoms with Gasteiger partial charge in [0.1, 0.15) is 0 Å². The summed E-state index contributed by atoms with van der Waals surface area (Å²) in [6, 6.07) is 0. The minimum atomic E-state index is -0.196. The summed E-state index contributed by atoms with van der Waals surface area (Å²) < 4.78 is 0. The lowest BCUT2D eigenvalue weighted by molar-refractivity contribution is 0.131. The summed E-state index contributed by atoms with van der Waals surface area (Å²) in [6.45, 7) is 5.71. The van der Waals surface area contributed by atoms with Crippen LogP contribution in [0.5, 0.6) is 0 Å². The van der Waals surface area contributed by atoms with Crippen molar-refractivity contribution in [3.8, 4) is 11.8 Å². The fourth-order valence-corrected chi connectivity index (χ4v) is 0.666. The maximum Gasteiger partial charge on any atom is 0.0537 e. The van der Waals surface area contributed by atoms with E-state index in [0.717, 1.165) is 12.8 Å². The van der Waals surface area contributed by atoms with Gasteiger partial charge in [-0.25, -0.2) is 0 Å². The highest BCUT2D eigenvalue weighted by Gasteiger charge is 2.06. The van der Waals surface area contributed by atoms with Gasteiger partial charge in [0.15, 0.2) is 0 Å². The summed E-state index contributed by atoms with van der Waals surface area (Å²) in [5.74, 6) is 6.18. The topological polar surface area (TPSA) is 20.2 Å². The quantitative estimate of drug-likeness (QED) is 0.593. The van der Waals surface area contributed by atoms with Gasteiger partial charge in [-0.05, 0) is 26.2 Å². The molecule has 0 aliphatic rings. The minimum absolute atomic E-state index is 0.196. The molecule has 0 spiro atoms. The van der Waals surface area contributed by atoms with Gasteiger partial charge in [-0.2, -0.15) is 0 Å². The molecule has 58 valence electrons. The molecule has 0 saturated carbocycles. The van der Waals surface area contributed by atoms with Crippen LogP contribution in [0.1, 0.15) is 33.6 Å². The van der Waals surface area contributed by atoms with E-state index in [1.54, 1.807) is 0 Å². The van der Waals surface area contributed by atoms with Gasteiger partial charge in [0, 0.05) is 6.42 Å². The highest BCUT2D eigenvalue weighted by molar-refractivity contribution is 4.94. The largest absolute Gasteiger partial charge is 0.393 e. The van der Waals surface area contributed by atoms with Gasteiger partial charge >= 0.3 is 0 Å². The van der Waals surface area contributed by atoms with E-state index in [9.17, 15) is 0 Å². The van der Waals surface area contributed by atoms with Crippen LogP contribution in [0.2, 0.25) is 0 Å². The third-order valence-electron chi connectivity index (χ3n) is 1.72. The molecule has 0 aromatic rings. The first-order valence-corrected chi connectivity index (χ1v) is 3.76. The summed E-state index contributed by atoms with van der Waals surface area (Å²) in [6.07, 6.45) is 1.71. The van der Waals surface area contributed by atoms with Crippen molar-refractivity contribution in [3.05, 3.63) is 0 Å². The molecule has 0 heterocycles. The van der Waals surface area contributed by atoms with Crippen LogP contribution in [0.4, 0.5) is 0 Å². The van der Waals surface area contributed by atoms with E-state index in [1.807, 2.05) is 20.8 Å². The lowest BCUT2D eigenvalue weighted by Crippen LogP contribution is -2.12. The Morgan fingerprint density at radius 2 is 2.00 bits per heavy atom. The van der Waals surface area contributed by atoms with E-state index in [-0.39, 0.29) is 6.10 Å². The molecule has 0 saturated heterocycles. The SMILES string of the molecule is CC#CCCC(C)C(C)O. The van der Waals surface area contributed by atoms with Crippen LogP contribution in [-0.4, -0.2) is 11.2 Å². The molecule has 1 heteroatoms. The predicted molar refractivity (Wildman–Crippen MR) is 43.5 cm³/mol. The molecule has 0 fully saturated rings. The molecule has 0 rings (SSSR count). The zero-order valence-corrected chi connectivity index (χ0v) is 7.02. The normalized spacial score (nSPS) is 15.2. The summed E-state index contributed by atoms with van der Waals surface area (Å²) in [4.78, 5) is 0. The van der Waals surface area contributed by atoms with E-state index < -0.39 is 0 Å². The van der Waals surface area contributed by atoms with Crippen molar-refractivity contribution in [3.63, 3.8) is 0 Å². The third kappa shape index (κ3) is 4.40. The number of aliphatic hydroxyl groups excluding tert-OH is 1. The summed E-state index contributed by atoms with van der Waals surface area (Å²) in [5.41, 5.74) is 0. The number of rotatable bonds is 3. The Morgan fingerprint density at radius 1 is 1.40 bits per heavy atom. The first-order valence-electron chi connectivity index (χ1n) is 3.76. The number of hydrogen-bond donors (Lipinski definition) is 1. The molecular formula is C9H16O. The van der Waals surface area contributed by atoms with Crippen molar-refractivity contribution >= 4 is 0 Å². The Hall–Kier alpha value is -0.480. The maximum atomic E-state index is 9.07. The van der Waals surface area contributed by atoms with Gasteiger partial charge in [-0.15, -0.1) is 11.8 Å². The van der Waals surface area contributed by atoms with Crippen LogP contribution in [0.25, 0.3) is 0 Å². The summed E-state index contributed by atoms with van der Waals surface area (Å²) in [5, 5.41) is 9.07. The van der Waals surface area contributed by atoms with Crippen LogP contribution in [0, 0.1) is 17.8 Å². The van der Waals surface area contributed by atoms with E-state index >= 15 is 0 Å². The zero-order valence-electron chi connectivity index (χ0n) is 7.02. The van der Waals surface area contributed by atoms with Gasteiger partial charge in [0.25, 0.3) is 0 Å². The molecule has 0 radical (unpaired) electrons. The second-order valence-corrected chi connectivity index (χ2v) is 2.68. The molecule has 0 bridgehead atoms. The van der Waals surface area contributed by atoms with Crippen LogP contribution >= 0.6 is 0 Å². The van der Waals surface area contributed by atoms with Gasteiger partial charge in [-0.1, -0.05) is 6.92 Å². The first-order chi connectivity index (χ1) is 4.68. The average molecular weight is 140 g/mol. The van der Waals surface area contributed by atoms with Crippen molar-refractivity contribution in [2.24, 2.45) is 5.92 Å². The molecule has 0 aromatic heterocycles. The highest BCUT2D eigenvalue weighted by Crippen LogP contribution is 2.08. The van der Waals surface area contributed by atoms with Crippen molar-refractivity contribution in [2.45, 2.75) is 39.7 Å². The molecular weight excluding hydrogens is 124 g/mol. The number of aliphatic hydroxyl groups is 1. The maximum absolute atomic E-state index is 9.07. The summed E-state index contributed by atoms with van der Waals surface area (Å²) in [7, 11) is 0. The molecule has 0 aromatic carbocycles. The smallest absolute Gasteiger partial charge is 0.0537 e. The monoisotopic (exact) mass is 140 g/mol. The standard InChI is InChI=1S/C9H16O/c1-4-5-6-7-8(2)9(3)10/h8-10H,6-7H2,1-3H3. The average Bonchev–Trinajstić information content (AvgIpc) is 1.88. The Morgan fingerprint density at radius 3 is 2.40 bits per heavy atom. The van der Waals surface area contributed by atoms with Crippen LogP contribution < -0.4 is 0 Å². The van der Waals surface area contributed by atoms with Gasteiger partial charge in [-0.3, -0.25) is 0 Å². The fraction of sp³-hybridized carbons (Fsp3) is 0.778. The van der Waals surface area contributed by atoms with Crippen LogP contribution in [0.3, 0.4) is 0 Å². The predicted octanol–water partition coefficient (Wildman–Crippen LogP) is 1.81. The van der Waals surface area contributed by atoms with Crippen molar-refractivity contribution < 1.29 is 5.11 Å². The highest BCUT2D eigenvalue weighted by atomic mass is 16.3. The van der Waals surface area contributed by atoms with Crippen molar-refractivity contribution in [1.82, 2.24) is 0 Å². The number of hydrogen-bond acceptors (Lipinski definition) is 1. The molecule has 1 N–H and O–H groups in total. The van der Waals surface area contributed by atoms with E-state index in [4.69, 9.17) is 5.11 Å². The lowest BCUT2D eigenvalue weighted by Gasteiger charge is -2.11. The second-order valence-electron chi connectivity index (χ2n) is 2.68. The van der Waals surface area contributed by atoms with E-state index in [2.05, 4.69) is 11.8 Å². The van der Waals surface area contributed by atoms with Crippen LogP contribution in [0.15, 0.2) is 0 Å². The molecule has 2 atom stereocenters. The fourth-order valence-electron chi connectivity index (χ4n) is 0.666. The molecule has 0 aliphatic heterocycles. The molecule has 10 heavy (non-hydrogen) atoms. The van der Waals surface area contributed by atoms with Crippen molar-refractivity contribution in [2.75, 3.05) is 0 Å². The van der Waals surface area contributed by atoms with Crippen LogP contribution in [-0.2, 0) is 0 Å². The molecule has 1 nitrogen and oxygen atoms in total. The Balaban J connectivity index is 3.36. The lowest BCUT2D eigenvalue weighted by atomic mass is 10.0. The molecule has 2 unspecified atom stereocenters. The molecule has 0 amide bonds. The Labute approximate surface area is 63.5 Å². The molecule has 0 aliphatic carbocycles. The Bertz CT molecular complexity index is 127. The first kappa shape index (κ1) is 9.52.